The van der Waals surface area contributed by atoms with E-state index in [1.165, 1.54) is 0 Å². The number of hydrogen-bond donors (Lipinski definition) is 2. The van der Waals surface area contributed by atoms with Crippen LogP contribution >= 0.6 is 15.9 Å². The van der Waals surface area contributed by atoms with Crippen LogP contribution in [0.5, 0.6) is 0 Å². The number of amides is 2. The van der Waals surface area contributed by atoms with E-state index >= 15 is 0 Å². The molecule has 1 aromatic rings. The lowest BCUT2D eigenvalue weighted by Crippen LogP contribution is -2.36. The molecule has 0 aliphatic heterocycles. The lowest BCUT2D eigenvalue weighted by atomic mass is 10.0. The zero-order valence-electron chi connectivity index (χ0n) is 14.4. The van der Waals surface area contributed by atoms with Gasteiger partial charge in [0, 0.05) is 17.4 Å². The standard InChI is InChI=1S/C18H25BrN2O3/c1-17(2,3)24-16(23)20-12-4-5-15(22)21-18(10-11-18)13-6-8-14(19)9-7-13/h6-9H,4-5,10-12H2,1-3H3,(H,20,23)(H,21,22). The van der Waals surface area contributed by atoms with Crippen molar-refractivity contribution in [2.24, 2.45) is 0 Å². The Morgan fingerprint density at radius 2 is 1.83 bits per heavy atom. The monoisotopic (exact) mass is 396 g/mol. The Morgan fingerprint density at radius 1 is 1.21 bits per heavy atom. The van der Waals surface area contributed by atoms with Crippen molar-refractivity contribution in [3.05, 3.63) is 34.3 Å². The molecule has 1 saturated carbocycles. The molecule has 2 amide bonds. The van der Waals surface area contributed by atoms with E-state index in [0.717, 1.165) is 22.9 Å². The van der Waals surface area contributed by atoms with E-state index in [2.05, 4.69) is 26.6 Å². The number of rotatable bonds is 6. The van der Waals surface area contributed by atoms with Gasteiger partial charge in [0.05, 0.1) is 5.54 Å². The van der Waals surface area contributed by atoms with Gasteiger partial charge in [-0.2, -0.15) is 0 Å². The number of nitrogens with one attached hydrogen (secondary N) is 2. The lowest BCUT2D eigenvalue weighted by molar-refractivity contribution is -0.122. The smallest absolute Gasteiger partial charge is 0.407 e. The zero-order chi connectivity index (χ0) is 17.8. The highest BCUT2D eigenvalue weighted by Gasteiger charge is 2.45. The van der Waals surface area contributed by atoms with Gasteiger partial charge in [0.25, 0.3) is 0 Å². The van der Waals surface area contributed by atoms with E-state index in [-0.39, 0.29) is 11.4 Å². The van der Waals surface area contributed by atoms with Gasteiger partial charge in [-0.05, 0) is 57.7 Å². The maximum Gasteiger partial charge on any atom is 0.407 e. The van der Waals surface area contributed by atoms with Crippen molar-refractivity contribution in [1.82, 2.24) is 10.6 Å². The van der Waals surface area contributed by atoms with Crippen LogP contribution in [0.2, 0.25) is 0 Å². The molecule has 0 radical (unpaired) electrons. The van der Waals surface area contributed by atoms with Crippen LogP contribution in [0.1, 0.15) is 52.0 Å². The summed E-state index contributed by atoms with van der Waals surface area (Å²) in [6.45, 7) is 5.87. The Morgan fingerprint density at radius 3 is 2.38 bits per heavy atom. The van der Waals surface area contributed by atoms with Gasteiger partial charge in [-0.15, -0.1) is 0 Å². The molecule has 0 spiro atoms. The first kappa shape index (κ1) is 18.8. The third-order valence-electron chi connectivity index (χ3n) is 3.77. The average Bonchev–Trinajstić information content (AvgIpc) is 3.23. The molecule has 1 aliphatic carbocycles. The minimum atomic E-state index is -0.509. The molecule has 0 unspecified atom stereocenters. The second-order valence-corrected chi connectivity index (χ2v) is 8.09. The Balaban J connectivity index is 1.70. The van der Waals surface area contributed by atoms with E-state index < -0.39 is 11.7 Å². The molecular formula is C18H25BrN2O3. The minimum absolute atomic E-state index is 0.0152. The SMILES string of the molecule is CC(C)(C)OC(=O)NCCCC(=O)NC1(c2ccc(Br)cc2)CC1. The Hall–Kier alpha value is -1.56. The number of hydrogen-bond acceptors (Lipinski definition) is 3. The van der Waals surface area contributed by atoms with Gasteiger partial charge in [-0.3, -0.25) is 4.79 Å². The summed E-state index contributed by atoms with van der Waals surface area (Å²) in [5.74, 6) is 0.0152. The van der Waals surface area contributed by atoms with E-state index in [9.17, 15) is 9.59 Å². The number of alkyl carbamates (subject to hydrolysis) is 1. The van der Waals surface area contributed by atoms with Crippen molar-refractivity contribution in [2.45, 2.75) is 57.6 Å². The van der Waals surface area contributed by atoms with Crippen LogP contribution in [0.15, 0.2) is 28.7 Å². The summed E-state index contributed by atoms with van der Waals surface area (Å²) in [6.07, 6.45) is 2.46. The molecule has 6 heteroatoms. The largest absolute Gasteiger partial charge is 0.444 e. The molecule has 132 valence electrons. The molecule has 1 fully saturated rings. The third kappa shape index (κ3) is 5.82. The number of ether oxygens (including phenoxy) is 1. The quantitative estimate of drug-likeness (QED) is 0.717. The molecule has 0 heterocycles. The van der Waals surface area contributed by atoms with Crippen molar-refractivity contribution >= 4 is 27.9 Å². The Bertz CT molecular complexity index is 589. The molecule has 1 aliphatic rings. The van der Waals surface area contributed by atoms with E-state index in [4.69, 9.17) is 4.74 Å². The molecule has 2 N–H and O–H groups in total. The highest BCUT2D eigenvalue weighted by molar-refractivity contribution is 9.10. The summed E-state index contributed by atoms with van der Waals surface area (Å²) >= 11 is 3.42. The van der Waals surface area contributed by atoms with Gasteiger partial charge < -0.3 is 15.4 Å². The van der Waals surface area contributed by atoms with Crippen molar-refractivity contribution in [3.63, 3.8) is 0 Å². The predicted octanol–water partition coefficient (Wildman–Crippen LogP) is 3.86. The predicted molar refractivity (Wildman–Crippen MR) is 96.7 cm³/mol. The summed E-state index contributed by atoms with van der Waals surface area (Å²) < 4.78 is 6.18. The number of carbonyl (C=O) groups is 2. The molecule has 0 saturated heterocycles. The first-order valence-corrected chi connectivity index (χ1v) is 9.03. The van der Waals surface area contributed by atoms with Crippen LogP contribution in [-0.4, -0.2) is 24.1 Å². The Kier molecular flexibility index (Phi) is 5.91. The average molecular weight is 397 g/mol. The molecule has 24 heavy (non-hydrogen) atoms. The van der Waals surface area contributed by atoms with Gasteiger partial charge in [-0.25, -0.2) is 4.79 Å². The first-order valence-electron chi connectivity index (χ1n) is 8.24. The molecular weight excluding hydrogens is 372 g/mol. The topological polar surface area (TPSA) is 67.4 Å². The number of carbonyl (C=O) groups excluding carboxylic acids is 2. The van der Waals surface area contributed by atoms with Gasteiger partial charge in [0.2, 0.25) is 5.91 Å². The summed E-state index contributed by atoms with van der Waals surface area (Å²) in [7, 11) is 0. The van der Waals surface area contributed by atoms with Crippen LogP contribution in [0.4, 0.5) is 4.79 Å². The minimum Gasteiger partial charge on any atom is -0.444 e. The van der Waals surface area contributed by atoms with Crippen LogP contribution in [0, 0.1) is 0 Å². The van der Waals surface area contributed by atoms with Crippen molar-refractivity contribution in [3.8, 4) is 0 Å². The molecule has 5 nitrogen and oxygen atoms in total. The summed E-state index contributed by atoms with van der Waals surface area (Å²) in [6, 6.07) is 8.07. The molecule has 1 aromatic carbocycles. The van der Waals surface area contributed by atoms with Gasteiger partial charge >= 0.3 is 6.09 Å². The van der Waals surface area contributed by atoms with Gasteiger partial charge in [-0.1, -0.05) is 28.1 Å². The fraction of sp³-hybridized carbons (Fsp3) is 0.556. The molecule has 0 atom stereocenters. The maximum absolute atomic E-state index is 12.1. The second-order valence-electron chi connectivity index (χ2n) is 7.17. The van der Waals surface area contributed by atoms with Gasteiger partial charge in [0.1, 0.15) is 5.60 Å². The fourth-order valence-electron chi connectivity index (χ4n) is 2.46. The van der Waals surface area contributed by atoms with Crippen LogP contribution in [0.25, 0.3) is 0 Å². The maximum atomic E-state index is 12.1. The van der Waals surface area contributed by atoms with E-state index in [0.29, 0.717) is 19.4 Å². The second kappa shape index (κ2) is 7.55. The van der Waals surface area contributed by atoms with Gasteiger partial charge in [0.15, 0.2) is 0 Å². The highest BCUT2D eigenvalue weighted by atomic mass is 79.9. The summed E-state index contributed by atoms with van der Waals surface area (Å²) in [4.78, 5) is 23.7. The molecule has 0 bridgehead atoms. The molecule has 0 aromatic heterocycles. The summed E-state index contributed by atoms with van der Waals surface area (Å²) in [5, 5.41) is 5.80. The van der Waals surface area contributed by atoms with Crippen molar-refractivity contribution < 1.29 is 14.3 Å². The van der Waals surface area contributed by atoms with E-state index in [1.807, 2.05) is 45.0 Å². The van der Waals surface area contributed by atoms with Crippen molar-refractivity contribution in [1.29, 1.82) is 0 Å². The van der Waals surface area contributed by atoms with E-state index in [1.54, 1.807) is 0 Å². The fourth-order valence-corrected chi connectivity index (χ4v) is 2.73. The van der Waals surface area contributed by atoms with Crippen molar-refractivity contribution in [2.75, 3.05) is 6.54 Å². The van der Waals surface area contributed by atoms with Crippen LogP contribution in [-0.2, 0) is 15.1 Å². The first-order chi connectivity index (χ1) is 11.2. The zero-order valence-corrected chi connectivity index (χ0v) is 16.0. The van der Waals surface area contributed by atoms with Crippen LogP contribution in [0.3, 0.4) is 0 Å². The number of halogens is 1. The highest BCUT2D eigenvalue weighted by Crippen LogP contribution is 2.45. The number of benzene rings is 1. The lowest BCUT2D eigenvalue weighted by Gasteiger charge is -2.20. The molecule has 2 rings (SSSR count). The van der Waals surface area contributed by atoms with Crippen LogP contribution < -0.4 is 10.6 Å². The third-order valence-corrected chi connectivity index (χ3v) is 4.30. The summed E-state index contributed by atoms with van der Waals surface area (Å²) in [5.41, 5.74) is 0.437. The Labute approximate surface area is 151 Å². The normalized spacial score (nSPS) is 15.5.